The van der Waals surface area contributed by atoms with Gasteiger partial charge in [-0.05, 0) is 24.3 Å². The minimum absolute atomic E-state index is 0.0676. The number of aryl methyl sites for hydroxylation is 1. The molecule has 3 rings (SSSR count). The highest BCUT2D eigenvalue weighted by atomic mass is 16.5. The molecule has 0 amide bonds. The molecule has 114 valence electrons. The lowest BCUT2D eigenvalue weighted by atomic mass is 9.52. The average Bonchev–Trinajstić information content (AvgIpc) is 2.50. The minimum Gasteiger partial charge on any atom is -0.467 e. The quantitative estimate of drug-likeness (QED) is 0.795. The molecule has 1 heterocycles. The standard InChI is InChI=1S/C17H19N3O2/c1-16(2)12-6-5-10-9-19-15(22-4)20-13(10)17(12,3)7-11(8-18)14(16)21/h7,9,12H,5-6H2,1-4H3/t12-,17-/m0/s1. The van der Waals surface area contributed by atoms with Gasteiger partial charge in [0.1, 0.15) is 6.07 Å². The highest BCUT2D eigenvalue weighted by Crippen LogP contribution is 2.54. The van der Waals surface area contributed by atoms with Gasteiger partial charge >= 0.3 is 6.01 Å². The number of allylic oxidation sites excluding steroid dienone is 2. The predicted molar refractivity (Wildman–Crippen MR) is 80.2 cm³/mol. The molecule has 2 atom stereocenters. The Labute approximate surface area is 130 Å². The van der Waals surface area contributed by atoms with Crippen molar-refractivity contribution < 1.29 is 9.53 Å². The van der Waals surface area contributed by atoms with Crippen molar-refractivity contribution in [3.8, 4) is 12.1 Å². The normalized spacial score (nSPS) is 29.0. The maximum atomic E-state index is 12.6. The Bertz CT molecular complexity index is 730. The Morgan fingerprint density at radius 2 is 2.14 bits per heavy atom. The molecular formula is C17H19N3O2. The summed E-state index contributed by atoms with van der Waals surface area (Å²) in [4.78, 5) is 21.3. The third-order valence-corrected chi connectivity index (χ3v) is 5.23. The first-order valence-electron chi connectivity index (χ1n) is 7.42. The first kappa shape index (κ1) is 14.7. The van der Waals surface area contributed by atoms with E-state index in [-0.39, 0.29) is 17.3 Å². The van der Waals surface area contributed by atoms with E-state index in [0.29, 0.717) is 6.01 Å². The number of ether oxygens (including phenoxy) is 1. The van der Waals surface area contributed by atoms with Gasteiger partial charge in [0, 0.05) is 17.0 Å². The van der Waals surface area contributed by atoms with Gasteiger partial charge in [0.2, 0.25) is 0 Å². The van der Waals surface area contributed by atoms with E-state index < -0.39 is 10.8 Å². The van der Waals surface area contributed by atoms with Gasteiger partial charge < -0.3 is 4.74 Å². The summed E-state index contributed by atoms with van der Waals surface area (Å²) in [6, 6.07) is 2.39. The van der Waals surface area contributed by atoms with Crippen LogP contribution in [0, 0.1) is 22.7 Å². The zero-order valence-electron chi connectivity index (χ0n) is 13.3. The molecule has 22 heavy (non-hydrogen) atoms. The monoisotopic (exact) mass is 297 g/mol. The number of methoxy groups -OCH3 is 1. The van der Waals surface area contributed by atoms with Crippen LogP contribution in [0.1, 0.15) is 38.4 Å². The van der Waals surface area contributed by atoms with Crippen molar-refractivity contribution in [2.75, 3.05) is 7.11 Å². The molecule has 5 heteroatoms. The topological polar surface area (TPSA) is 75.9 Å². The van der Waals surface area contributed by atoms with Crippen LogP contribution in [0.25, 0.3) is 0 Å². The van der Waals surface area contributed by atoms with E-state index in [1.165, 1.54) is 7.11 Å². The Hall–Kier alpha value is -2.22. The Balaban J connectivity index is 2.27. The summed E-state index contributed by atoms with van der Waals surface area (Å²) < 4.78 is 5.16. The number of ketones is 1. The molecule has 0 N–H and O–H groups in total. The smallest absolute Gasteiger partial charge is 0.316 e. The minimum atomic E-state index is -0.579. The maximum absolute atomic E-state index is 12.6. The molecule has 0 saturated heterocycles. The van der Waals surface area contributed by atoms with Gasteiger partial charge in [0.15, 0.2) is 5.78 Å². The lowest BCUT2D eigenvalue weighted by Gasteiger charge is -2.50. The van der Waals surface area contributed by atoms with Crippen LogP contribution >= 0.6 is 0 Å². The number of nitrogens with zero attached hydrogens (tertiary/aromatic N) is 3. The van der Waals surface area contributed by atoms with Crippen molar-refractivity contribution in [3.05, 3.63) is 29.1 Å². The Kier molecular flexibility index (Phi) is 3.10. The first-order chi connectivity index (χ1) is 10.3. The second-order valence-corrected chi connectivity index (χ2v) is 6.83. The number of hydrogen-bond acceptors (Lipinski definition) is 5. The molecule has 0 radical (unpaired) electrons. The van der Waals surface area contributed by atoms with Crippen LogP contribution in [-0.2, 0) is 16.6 Å². The van der Waals surface area contributed by atoms with Crippen LogP contribution in [0.3, 0.4) is 0 Å². The third kappa shape index (κ3) is 1.80. The second-order valence-electron chi connectivity index (χ2n) is 6.83. The highest BCUT2D eigenvalue weighted by Gasteiger charge is 2.54. The van der Waals surface area contributed by atoms with Gasteiger partial charge in [-0.2, -0.15) is 10.2 Å². The molecule has 5 nitrogen and oxygen atoms in total. The predicted octanol–water partition coefficient (Wildman–Crippen LogP) is 2.36. The van der Waals surface area contributed by atoms with Gasteiger partial charge in [-0.25, -0.2) is 4.98 Å². The number of carbonyl (C=O) groups is 1. The van der Waals surface area contributed by atoms with Crippen LogP contribution in [0.4, 0.5) is 0 Å². The molecule has 0 spiro atoms. The molecular weight excluding hydrogens is 278 g/mol. The van der Waals surface area contributed by atoms with Crippen LogP contribution in [0.2, 0.25) is 0 Å². The summed E-state index contributed by atoms with van der Waals surface area (Å²) in [5.41, 5.74) is 1.15. The van der Waals surface area contributed by atoms with E-state index in [9.17, 15) is 10.1 Å². The van der Waals surface area contributed by atoms with Gasteiger partial charge in [-0.15, -0.1) is 0 Å². The lowest BCUT2D eigenvalue weighted by molar-refractivity contribution is -0.128. The molecule has 0 aromatic carbocycles. The summed E-state index contributed by atoms with van der Waals surface area (Å²) in [5.74, 6) is 0.0404. The first-order valence-corrected chi connectivity index (χ1v) is 7.42. The summed E-state index contributed by atoms with van der Waals surface area (Å²) in [5, 5.41) is 9.35. The van der Waals surface area contributed by atoms with E-state index in [2.05, 4.69) is 23.0 Å². The molecule has 0 fully saturated rings. The largest absolute Gasteiger partial charge is 0.467 e. The number of nitriles is 1. The van der Waals surface area contributed by atoms with Crippen LogP contribution in [-0.4, -0.2) is 22.9 Å². The van der Waals surface area contributed by atoms with Crippen molar-refractivity contribution in [1.29, 1.82) is 5.26 Å². The molecule has 1 aromatic heterocycles. The van der Waals surface area contributed by atoms with E-state index in [4.69, 9.17) is 4.74 Å². The number of aromatic nitrogens is 2. The zero-order chi connectivity index (χ0) is 16.1. The third-order valence-electron chi connectivity index (χ3n) is 5.23. The molecule has 1 aromatic rings. The molecule has 2 aliphatic carbocycles. The molecule has 0 unspecified atom stereocenters. The van der Waals surface area contributed by atoms with E-state index >= 15 is 0 Å². The molecule has 0 aliphatic heterocycles. The van der Waals surface area contributed by atoms with Crippen molar-refractivity contribution in [2.45, 2.75) is 39.0 Å². The van der Waals surface area contributed by atoms with Crippen LogP contribution in [0.5, 0.6) is 6.01 Å². The average molecular weight is 297 g/mol. The SMILES string of the molecule is COc1ncc2c(n1)[C@@]1(C)C=C(C#N)C(=O)C(C)(C)[C@@H]1CC2. The van der Waals surface area contributed by atoms with Gasteiger partial charge in [-0.3, -0.25) is 4.79 Å². The number of rotatable bonds is 1. The fraction of sp³-hybridized carbons (Fsp3) is 0.529. The van der Waals surface area contributed by atoms with Gasteiger partial charge in [-0.1, -0.05) is 26.8 Å². The maximum Gasteiger partial charge on any atom is 0.316 e. The number of hydrogen-bond donors (Lipinski definition) is 0. The molecule has 2 aliphatic rings. The number of carbonyl (C=O) groups excluding carboxylic acids is 1. The van der Waals surface area contributed by atoms with Gasteiger partial charge in [0.05, 0.1) is 18.4 Å². The highest BCUT2D eigenvalue weighted by molar-refractivity contribution is 6.04. The van der Waals surface area contributed by atoms with Crippen molar-refractivity contribution in [1.82, 2.24) is 9.97 Å². The Morgan fingerprint density at radius 3 is 2.77 bits per heavy atom. The fourth-order valence-electron chi connectivity index (χ4n) is 4.14. The van der Waals surface area contributed by atoms with Crippen molar-refractivity contribution in [2.24, 2.45) is 11.3 Å². The number of Topliss-reactive ketones (excluding diaryl/α,β-unsaturated/α-hetero) is 1. The van der Waals surface area contributed by atoms with Crippen molar-refractivity contribution in [3.63, 3.8) is 0 Å². The van der Waals surface area contributed by atoms with Crippen molar-refractivity contribution >= 4 is 5.78 Å². The van der Waals surface area contributed by atoms with E-state index in [1.807, 2.05) is 13.8 Å². The Morgan fingerprint density at radius 1 is 1.41 bits per heavy atom. The van der Waals surface area contributed by atoms with Gasteiger partial charge in [0.25, 0.3) is 0 Å². The summed E-state index contributed by atoms with van der Waals surface area (Å²) >= 11 is 0. The fourth-order valence-corrected chi connectivity index (χ4v) is 4.14. The van der Waals surface area contributed by atoms with E-state index in [0.717, 1.165) is 24.1 Å². The summed E-state index contributed by atoms with van der Waals surface area (Å²) in [7, 11) is 1.54. The number of fused-ring (bicyclic) bond motifs is 3. The van der Waals surface area contributed by atoms with E-state index in [1.54, 1.807) is 12.3 Å². The lowest BCUT2D eigenvalue weighted by Crippen LogP contribution is -2.51. The van der Waals surface area contributed by atoms with Crippen LogP contribution < -0.4 is 4.74 Å². The zero-order valence-corrected chi connectivity index (χ0v) is 13.3. The summed E-state index contributed by atoms with van der Waals surface area (Å²) in [6.07, 6.45) is 5.32. The second kappa shape index (κ2) is 4.64. The molecule has 0 saturated carbocycles. The van der Waals surface area contributed by atoms with Crippen LogP contribution in [0.15, 0.2) is 17.8 Å². The summed E-state index contributed by atoms with van der Waals surface area (Å²) in [6.45, 7) is 5.94. The molecule has 0 bridgehead atoms.